The summed E-state index contributed by atoms with van der Waals surface area (Å²) in [6, 6.07) is 15.7. The molecule has 5 heteroatoms. The maximum Gasteiger partial charge on any atom is 0.252 e. The number of rotatable bonds is 3. The Balaban J connectivity index is 2.08. The van der Waals surface area contributed by atoms with E-state index in [4.69, 9.17) is 0 Å². The summed E-state index contributed by atoms with van der Waals surface area (Å²) >= 11 is 0. The highest BCUT2D eigenvalue weighted by atomic mass is 32.2. The highest BCUT2D eigenvalue weighted by molar-refractivity contribution is 7.90. The van der Waals surface area contributed by atoms with E-state index in [1.54, 1.807) is 43.3 Å². The molecule has 0 spiro atoms. The maximum atomic E-state index is 12.6. The summed E-state index contributed by atoms with van der Waals surface area (Å²) in [5.74, 6) is -0.308. The summed E-state index contributed by atoms with van der Waals surface area (Å²) in [5, 5.41) is 0.817. The lowest BCUT2D eigenvalue weighted by Crippen LogP contribution is -2.17. The van der Waals surface area contributed by atoms with Gasteiger partial charge in [-0.2, -0.15) is 0 Å². The Labute approximate surface area is 128 Å². The molecule has 1 N–H and O–H groups in total. The predicted molar refractivity (Wildman–Crippen MR) is 86.6 cm³/mol. The summed E-state index contributed by atoms with van der Waals surface area (Å²) < 4.78 is 25.1. The Morgan fingerprint density at radius 2 is 1.68 bits per heavy atom. The molecule has 0 aliphatic heterocycles. The van der Waals surface area contributed by atoms with Crippen LogP contribution in [0.25, 0.3) is 10.9 Å². The van der Waals surface area contributed by atoms with E-state index < -0.39 is 9.84 Å². The molecule has 22 heavy (non-hydrogen) atoms. The first-order valence-electron chi connectivity index (χ1n) is 6.87. The molecule has 3 aromatic rings. The lowest BCUT2D eigenvalue weighted by atomic mass is 10.2. The summed E-state index contributed by atoms with van der Waals surface area (Å²) in [6.07, 6.45) is 0. The molecule has 0 saturated heterocycles. The van der Waals surface area contributed by atoms with Gasteiger partial charge in [-0.15, -0.1) is 0 Å². The number of H-pyrrole nitrogens is 1. The Morgan fingerprint density at radius 1 is 1.00 bits per heavy atom. The van der Waals surface area contributed by atoms with E-state index >= 15 is 0 Å². The van der Waals surface area contributed by atoms with Gasteiger partial charge in [-0.1, -0.05) is 36.4 Å². The predicted octanol–water partition coefficient (Wildman–Crippen LogP) is 2.81. The van der Waals surface area contributed by atoms with Crippen LogP contribution >= 0.6 is 0 Å². The minimum absolute atomic E-state index is 0.252. The molecule has 0 bridgehead atoms. The number of fused-ring (bicyclic) bond motifs is 1. The molecule has 0 atom stereocenters. The third kappa shape index (κ3) is 2.67. The van der Waals surface area contributed by atoms with Crippen LogP contribution < -0.4 is 5.56 Å². The van der Waals surface area contributed by atoms with Crippen LogP contribution in [0.5, 0.6) is 0 Å². The number of pyridine rings is 1. The fourth-order valence-corrected chi connectivity index (χ4v) is 4.11. The topological polar surface area (TPSA) is 67.0 Å². The molecule has 0 saturated carbocycles. The largest absolute Gasteiger partial charge is 0.322 e. The molecular weight excluding hydrogens is 298 g/mol. The molecule has 0 aliphatic carbocycles. The van der Waals surface area contributed by atoms with Gasteiger partial charge in [-0.05, 0) is 36.1 Å². The highest BCUT2D eigenvalue weighted by Gasteiger charge is 2.19. The van der Waals surface area contributed by atoms with Gasteiger partial charge in [0, 0.05) is 11.1 Å². The average Bonchev–Trinajstić information content (AvgIpc) is 2.48. The normalized spacial score (nSPS) is 11.7. The summed E-state index contributed by atoms with van der Waals surface area (Å²) in [7, 11) is -3.56. The number of nitrogens with one attached hydrogen (secondary N) is 1. The molecule has 0 radical (unpaired) electrons. The van der Waals surface area contributed by atoms with Crippen molar-refractivity contribution in [3.8, 4) is 0 Å². The second-order valence-electron chi connectivity index (χ2n) is 5.24. The summed E-state index contributed by atoms with van der Waals surface area (Å²) in [6.45, 7) is 1.75. The minimum Gasteiger partial charge on any atom is -0.322 e. The van der Waals surface area contributed by atoms with Gasteiger partial charge in [-0.25, -0.2) is 8.42 Å². The van der Waals surface area contributed by atoms with Crippen LogP contribution in [-0.4, -0.2) is 13.4 Å². The van der Waals surface area contributed by atoms with Crippen molar-refractivity contribution in [1.29, 1.82) is 0 Å². The lowest BCUT2D eigenvalue weighted by molar-refractivity contribution is 0.594. The fraction of sp³-hybridized carbons (Fsp3) is 0.118. The molecule has 2 aromatic carbocycles. The van der Waals surface area contributed by atoms with Crippen LogP contribution in [0.4, 0.5) is 0 Å². The van der Waals surface area contributed by atoms with Gasteiger partial charge in [0.1, 0.15) is 0 Å². The van der Waals surface area contributed by atoms with Gasteiger partial charge in [0.25, 0.3) is 5.56 Å². The number of hydrogen-bond acceptors (Lipinski definition) is 3. The molecule has 0 unspecified atom stereocenters. The summed E-state index contributed by atoms with van der Waals surface area (Å²) in [4.78, 5) is 15.1. The number of para-hydroxylation sites is 1. The van der Waals surface area contributed by atoms with Crippen LogP contribution in [0.2, 0.25) is 0 Å². The molecule has 0 fully saturated rings. The molecule has 1 heterocycles. The van der Waals surface area contributed by atoms with Crippen LogP contribution in [0.1, 0.15) is 11.1 Å². The molecule has 3 rings (SSSR count). The quantitative estimate of drug-likeness (QED) is 0.808. The lowest BCUT2D eigenvalue weighted by Gasteiger charge is -2.08. The van der Waals surface area contributed by atoms with Crippen molar-refractivity contribution in [3.05, 3.63) is 76.1 Å². The monoisotopic (exact) mass is 313 g/mol. The minimum atomic E-state index is -3.56. The first kappa shape index (κ1) is 14.5. The maximum absolute atomic E-state index is 12.6. The first-order valence-corrected chi connectivity index (χ1v) is 8.52. The SMILES string of the molecule is Cc1ccccc1S(=O)(=O)Cc1cc2ccccc2[nH]c1=O. The third-order valence-electron chi connectivity index (χ3n) is 3.60. The van der Waals surface area contributed by atoms with Crippen molar-refractivity contribution in [3.63, 3.8) is 0 Å². The van der Waals surface area contributed by atoms with E-state index in [0.717, 1.165) is 5.39 Å². The average molecular weight is 313 g/mol. The number of hydrogen-bond donors (Lipinski definition) is 1. The van der Waals surface area contributed by atoms with Crippen molar-refractivity contribution >= 4 is 20.7 Å². The molecule has 0 aliphatic rings. The molecule has 4 nitrogen and oxygen atoms in total. The Kier molecular flexibility index (Phi) is 3.58. The number of aromatic nitrogens is 1. The van der Waals surface area contributed by atoms with E-state index in [0.29, 0.717) is 11.1 Å². The van der Waals surface area contributed by atoms with Gasteiger partial charge in [0.2, 0.25) is 0 Å². The smallest absolute Gasteiger partial charge is 0.252 e. The van der Waals surface area contributed by atoms with Crippen molar-refractivity contribution in [2.45, 2.75) is 17.6 Å². The van der Waals surface area contributed by atoms with E-state index in [2.05, 4.69) is 4.98 Å². The van der Waals surface area contributed by atoms with Crippen molar-refractivity contribution in [2.75, 3.05) is 0 Å². The van der Waals surface area contributed by atoms with Crippen LogP contribution in [0, 0.1) is 6.92 Å². The van der Waals surface area contributed by atoms with E-state index in [1.165, 1.54) is 0 Å². The van der Waals surface area contributed by atoms with Gasteiger partial charge in [-0.3, -0.25) is 4.79 Å². The van der Waals surface area contributed by atoms with E-state index in [1.807, 2.05) is 18.2 Å². The van der Waals surface area contributed by atoms with Gasteiger partial charge >= 0.3 is 0 Å². The molecular formula is C17H15NO3S. The standard InChI is InChI=1S/C17H15NO3S/c1-12-6-2-5-9-16(12)22(20,21)11-14-10-13-7-3-4-8-15(13)18-17(14)19/h2-10H,11H2,1H3,(H,18,19). The number of aromatic amines is 1. The van der Waals surface area contributed by atoms with Gasteiger partial charge in [0.15, 0.2) is 9.84 Å². The van der Waals surface area contributed by atoms with E-state index in [9.17, 15) is 13.2 Å². The summed E-state index contributed by atoms with van der Waals surface area (Å²) in [5.41, 5.74) is 1.27. The van der Waals surface area contributed by atoms with Crippen LogP contribution in [0.3, 0.4) is 0 Å². The highest BCUT2D eigenvalue weighted by Crippen LogP contribution is 2.20. The fourth-order valence-electron chi connectivity index (χ4n) is 2.49. The van der Waals surface area contributed by atoms with Crippen LogP contribution in [-0.2, 0) is 15.6 Å². The number of benzene rings is 2. The second kappa shape index (κ2) is 5.42. The van der Waals surface area contributed by atoms with Gasteiger partial charge in [0.05, 0.1) is 10.6 Å². The Bertz CT molecular complexity index is 1000. The Morgan fingerprint density at radius 3 is 2.45 bits per heavy atom. The van der Waals surface area contributed by atoms with Crippen LogP contribution in [0.15, 0.2) is 64.3 Å². The molecule has 1 aromatic heterocycles. The number of aryl methyl sites for hydroxylation is 1. The van der Waals surface area contributed by atoms with Crippen molar-refractivity contribution in [2.24, 2.45) is 0 Å². The zero-order valence-corrected chi connectivity index (χ0v) is 12.9. The zero-order valence-electron chi connectivity index (χ0n) is 12.0. The van der Waals surface area contributed by atoms with E-state index in [-0.39, 0.29) is 21.8 Å². The molecule has 0 amide bonds. The van der Waals surface area contributed by atoms with Gasteiger partial charge < -0.3 is 4.98 Å². The zero-order chi connectivity index (χ0) is 15.7. The number of sulfone groups is 1. The Hall–Kier alpha value is -2.40. The third-order valence-corrected chi connectivity index (χ3v) is 5.42. The van der Waals surface area contributed by atoms with Crippen molar-refractivity contribution in [1.82, 2.24) is 4.98 Å². The van der Waals surface area contributed by atoms with Crippen molar-refractivity contribution < 1.29 is 8.42 Å². The molecule has 112 valence electrons. The second-order valence-corrected chi connectivity index (χ2v) is 7.19. The first-order chi connectivity index (χ1) is 10.5.